The molecule has 2 aromatic heterocycles. The number of aryl methyl sites for hydroxylation is 1. The Morgan fingerprint density at radius 3 is 3.00 bits per heavy atom. The lowest BCUT2D eigenvalue weighted by Gasteiger charge is -2.16. The molecule has 5 nitrogen and oxygen atoms in total. The Hall–Kier alpha value is -3.22. The lowest BCUT2D eigenvalue weighted by Crippen LogP contribution is -2.16. The van der Waals surface area contributed by atoms with Gasteiger partial charge in [0.2, 0.25) is 0 Å². The van der Waals surface area contributed by atoms with Crippen molar-refractivity contribution in [2.45, 2.75) is 13.5 Å². The maximum absolute atomic E-state index is 12.6. The summed E-state index contributed by atoms with van der Waals surface area (Å²) in [6.07, 6.45) is 1.51. The van der Waals surface area contributed by atoms with Gasteiger partial charge in [-0.1, -0.05) is 41.9 Å². The molecule has 0 saturated heterocycles. The SMILES string of the molecule is Cc1cccc2cc(/C=N/NC(=O)c3cc4c(s3)-c3ccccc3OC4)c(Cl)nc12. The number of hydrazone groups is 1. The standard InChI is InChI=1S/C23H16ClN3O2S/c1-13-5-4-6-14-9-15(22(24)26-20(13)14)11-25-27-23(28)19-10-16-12-29-18-8-3-2-7-17(18)21(16)30-19/h2-11H,12H2,1H3,(H,27,28)/b25-11+. The van der Waals surface area contributed by atoms with Crippen LogP contribution in [-0.2, 0) is 6.61 Å². The zero-order chi connectivity index (χ0) is 20.7. The molecule has 0 spiro atoms. The fourth-order valence-corrected chi connectivity index (χ4v) is 4.73. The Bertz CT molecular complexity index is 1330. The van der Waals surface area contributed by atoms with Crippen LogP contribution in [0.3, 0.4) is 0 Å². The largest absolute Gasteiger partial charge is 0.488 e. The van der Waals surface area contributed by atoms with Gasteiger partial charge in [-0.05, 0) is 36.8 Å². The van der Waals surface area contributed by atoms with Crippen LogP contribution in [0.5, 0.6) is 5.75 Å². The second-order valence-electron chi connectivity index (χ2n) is 6.96. The molecule has 1 aliphatic rings. The first-order valence-electron chi connectivity index (χ1n) is 9.34. The number of nitrogens with zero attached hydrogens (tertiary/aromatic N) is 2. The van der Waals surface area contributed by atoms with E-state index in [1.807, 2.05) is 61.5 Å². The fraction of sp³-hybridized carbons (Fsp3) is 0.0870. The monoisotopic (exact) mass is 433 g/mol. The molecule has 0 fully saturated rings. The Morgan fingerprint density at radius 2 is 2.10 bits per heavy atom. The second kappa shape index (κ2) is 7.55. The quantitative estimate of drug-likeness (QED) is 0.260. The molecule has 0 saturated carbocycles. The number of benzene rings is 2. The molecule has 1 aliphatic heterocycles. The molecule has 7 heteroatoms. The summed E-state index contributed by atoms with van der Waals surface area (Å²) in [4.78, 5) is 18.7. The van der Waals surface area contributed by atoms with Gasteiger partial charge < -0.3 is 4.74 Å². The van der Waals surface area contributed by atoms with Crippen LogP contribution >= 0.6 is 22.9 Å². The lowest BCUT2D eigenvalue weighted by molar-refractivity contribution is 0.0959. The number of ether oxygens (including phenoxy) is 1. The molecule has 1 N–H and O–H groups in total. The van der Waals surface area contributed by atoms with Crippen molar-refractivity contribution in [3.63, 3.8) is 0 Å². The molecule has 0 aliphatic carbocycles. The van der Waals surface area contributed by atoms with Crippen molar-refractivity contribution in [2.24, 2.45) is 5.10 Å². The molecule has 1 amide bonds. The topological polar surface area (TPSA) is 63.6 Å². The van der Waals surface area contributed by atoms with Gasteiger partial charge in [0.1, 0.15) is 17.5 Å². The van der Waals surface area contributed by atoms with Crippen LogP contribution in [0, 0.1) is 6.92 Å². The number of halogens is 1. The van der Waals surface area contributed by atoms with Crippen molar-refractivity contribution in [1.29, 1.82) is 0 Å². The maximum Gasteiger partial charge on any atom is 0.281 e. The van der Waals surface area contributed by atoms with Crippen molar-refractivity contribution >= 4 is 46.0 Å². The van der Waals surface area contributed by atoms with Crippen LogP contribution in [0.25, 0.3) is 21.3 Å². The number of pyridine rings is 1. The van der Waals surface area contributed by atoms with Crippen molar-refractivity contribution in [2.75, 3.05) is 0 Å². The van der Waals surface area contributed by atoms with Crippen LogP contribution in [0.2, 0.25) is 5.15 Å². The molecule has 0 radical (unpaired) electrons. The minimum absolute atomic E-state index is 0.274. The minimum atomic E-state index is -0.274. The fourth-order valence-electron chi connectivity index (χ4n) is 3.46. The van der Waals surface area contributed by atoms with Gasteiger partial charge in [0.15, 0.2) is 0 Å². The minimum Gasteiger partial charge on any atom is -0.488 e. The number of hydrogen-bond donors (Lipinski definition) is 1. The van der Waals surface area contributed by atoms with Gasteiger partial charge in [0.05, 0.1) is 16.6 Å². The second-order valence-corrected chi connectivity index (χ2v) is 8.37. The van der Waals surface area contributed by atoms with Gasteiger partial charge in [-0.25, -0.2) is 10.4 Å². The maximum atomic E-state index is 12.6. The molecule has 2 aromatic carbocycles. The van der Waals surface area contributed by atoms with E-state index >= 15 is 0 Å². The van der Waals surface area contributed by atoms with E-state index < -0.39 is 0 Å². The van der Waals surface area contributed by atoms with Crippen LogP contribution in [-0.4, -0.2) is 17.1 Å². The van der Waals surface area contributed by atoms with Gasteiger partial charge in [-0.15, -0.1) is 11.3 Å². The molecule has 0 atom stereocenters. The first kappa shape index (κ1) is 18.8. The number of para-hydroxylation sites is 2. The third-order valence-electron chi connectivity index (χ3n) is 4.95. The number of rotatable bonds is 3. The number of carbonyl (C=O) groups excluding carboxylic acids is 1. The summed E-state index contributed by atoms with van der Waals surface area (Å²) >= 11 is 7.73. The van der Waals surface area contributed by atoms with E-state index in [1.54, 1.807) is 0 Å². The Labute approximate surface area is 182 Å². The summed E-state index contributed by atoms with van der Waals surface area (Å²) < 4.78 is 5.76. The highest BCUT2D eigenvalue weighted by Gasteiger charge is 2.22. The molecule has 5 rings (SSSR count). The van der Waals surface area contributed by atoms with Crippen LogP contribution in [0.1, 0.15) is 26.4 Å². The predicted octanol–water partition coefficient (Wildman–Crippen LogP) is 5.58. The predicted molar refractivity (Wildman–Crippen MR) is 121 cm³/mol. The van der Waals surface area contributed by atoms with E-state index in [2.05, 4.69) is 15.5 Å². The summed E-state index contributed by atoms with van der Waals surface area (Å²) in [5.74, 6) is 0.564. The highest BCUT2D eigenvalue weighted by Crippen LogP contribution is 2.42. The number of amides is 1. The number of hydrogen-bond acceptors (Lipinski definition) is 5. The number of carbonyl (C=O) groups is 1. The average molecular weight is 434 g/mol. The summed E-state index contributed by atoms with van der Waals surface area (Å²) in [5.41, 5.74) is 7.15. The smallest absolute Gasteiger partial charge is 0.281 e. The normalized spacial score (nSPS) is 12.5. The van der Waals surface area contributed by atoms with E-state index in [4.69, 9.17) is 16.3 Å². The van der Waals surface area contributed by atoms with E-state index in [9.17, 15) is 4.79 Å². The Balaban J connectivity index is 1.36. The molecule has 0 bridgehead atoms. The van der Waals surface area contributed by atoms with E-state index in [0.29, 0.717) is 22.2 Å². The summed E-state index contributed by atoms with van der Waals surface area (Å²) in [6, 6.07) is 17.5. The lowest BCUT2D eigenvalue weighted by atomic mass is 10.1. The summed E-state index contributed by atoms with van der Waals surface area (Å²) in [7, 11) is 0. The number of fused-ring (bicyclic) bond motifs is 4. The van der Waals surface area contributed by atoms with E-state index in [1.165, 1.54) is 17.6 Å². The molecule has 0 unspecified atom stereocenters. The van der Waals surface area contributed by atoms with Gasteiger partial charge >= 0.3 is 0 Å². The zero-order valence-corrected chi connectivity index (χ0v) is 17.6. The van der Waals surface area contributed by atoms with Crippen LogP contribution in [0.4, 0.5) is 0 Å². The zero-order valence-electron chi connectivity index (χ0n) is 16.0. The molecule has 148 valence electrons. The van der Waals surface area contributed by atoms with Gasteiger partial charge in [0.25, 0.3) is 5.91 Å². The molecular formula is C23H16ClN3O2S. The highest BCUT2D eigenvalue weighted by molar-refractivity contribution is 7.17. The van der Waals surface area contributed by atoms with Crippen LogP contribution < -0.4 is 10.2 Å². The Morgan fingerprint density at radius 1 is 1.23 bits per heavy atom. The van der Waals surface area contributed by atoms with Gasteiger partial charge in [-0.2, -0.15) is 5.10 Å². The van der Waals surface area contributed by atoms with Crippen molar-refractivity contribution < 1.29 is 9.53 Å². The molecule has 30 heavy (non-hydrogen) atoms. The molecular weight excluding hydrogens is 418 g/mol. The summed E-state index contributed by atoms with van der Waals surface area (Å²) in [6.45, 7) is 2.45. The van der Waals surface area contributed by atoms with Crippen LogP contribution in [0.15, 0.2) is 59.7 Å². The average Bonchev–Trinajstić information content (AvgIpc) is 3.20. The van der Waals surface area contributed by atoms with E-state index in [0.717, 1.165) is 38.2 Å². The first-order chi connectivity index (χ1) is 14.6. The van der Waals surface area contributed by atoms with Crippen molar-refractivity contribution in [1.82, 2.24) is 10.4 Å². The third kappa shape index (κ3) is 3.34. The van der Waals surface area contributed by atoms with E-state index in [-0.39, 0.29) is 5.91 Å². The number of aromatic nitrogens is 1. The third-order valence-corrected chi connectivity index (χ3v) is 6.46. The highest BCUT2D eigenvalue weighted by atomic mass is 35.5. The Kier molecular flexibility index (Phi) is 4.73. The number of nitrogens with one attached hydrogen (secondary N) is 1. The van der Waals surface area contributed by atoms with Crippen molar-refractivity contribution in [3.05, 3.63) is 81.3 Å². The van der Waals surface area contributed by atoms with Gasteiger partial charge in [-0.3, -0.25) is 4.79 Å². The number of thiophene rings is 1. The van der Waals surface area contributed by atoms with Crippen molar-refractivity contribution in [3.8, 4) is 16.2 Å². The first-order valence-corrected chi connectivity index (χ1v) is 10.5. The van der Waals surface area contributed by atoms with Gasteiger partial charge in [0, 0.05) is 27.0 Å². The molecule has 4 aromatic rings. The molecule has 3 heterocycles. The summed E-state index contributed by atoms with van der Waals surface area (Å²) in [5, 5.41) is 5.40.